The molecule has 0 fully saturated rings. The van der Waals surface area contributed by atoms with Gasteiger partial charge in [-0.2, -0.15) is 0 Å². The first-order chi connectivity index (χ1) is 9.59. The van der Waals surface area contributed by atoms with E-state index in [-0.39, 0.29) is 11.3 Å². The molecule has 0 atom stereocenters. The number of carbonyl (C=O) groups is 1. The number of carboxylic acids is 1. The van der Waals surface area contributed by atoms with E-state index in [0.717, 1.165) is 12.0 Å². The summed E-state index contributed by atoms with van der Waals surface area (Å²) in [7, 11) is 1.84. The summed E-state index contributed by atoms with van der Waals surface area (Å²) in [6.07, 6.45) is 5.75. The van der Waals surface area contributed by atoms with Crippen LogP contribution in [0, 0.1) is 0 Å². The number of nitrogen functional groups attached to an aromatic ring is 1. The summed E-state index contributed by atoms with van der Waals surface area (Å²) in [6, 6.07) is 5.29. The summed E-state index contributed by atoms with van der Waals surface area (Å²) in [5.74, 6) is -0.562. The molecule has 2 rings (SSSR count). The number of anilines is 2. The Bertz CT molecular complexity index is 601. The molecule has 2 heterocycles. The van der Waals surface area contributed by atoms with Gasteiger partial charge in [-0.15, -0.1) is 0 Å². The van der Waals surface area contributed by atoms with Crippen LogP contribution in [0.1, 0.15) is 15.9 Å². The number of nitrogens with zero attached hydrogens (tertiary/aromatic N) is 3. The number of rotatable bonds is 5. The summed E-state index contributed by atoms with van der Waals surface area (Å²) in [5.41, 5.74) is 7.28. The molecule has 0 bridgehead atoms. The quantitative estimate of drug-likeness (QED) is 0.855. The highest BCUT2D eigenvalue weighted by Gasteiger charge is 2.14. The maximum absolute atomic E-state index is 11.0. The van der Waals surface area contributed by atoms with Gasteiger partial charge >= 0.3 is 5.97 Å². The van der Waals surface area contributed by atoms with E-state index in [1.165, 1.54) is 12.3 Å². The molecule has 0 saturated heterocycles. The average molecular weight is 272 g/mol. The molecule has 2 aromatic rings. The fourth-order valence-corrected chi connectivity index (χ4v) is 1.91. The number of pyridine rings is 2. The highest BCUT2D eigenvalue weighted by Crippen LogP contribution is 2.23. The van der Waals surface area contributed by atoms with Crippen LogP contribution in [0.25, 0.3) is 0 Å². The van der Waals surface area contributed by atoms with E-state index >= 15 is 0 Å². The minimum atomic E-state index is -1.05. The zero-order valence-corrected chi connectivity index (χ0v) is 11.2. The zero-order chi connectivity index (χ0) is 14.5. The Kier molecular flexibility index (Phi) is 4.14. The van der Waals surface area contributed by atoms with Crippen molar-refractivity contribution in [3.8, 4) is 0 Å². The topological polar surface area (TPSA) is 92.3 Å². The van der Waals surface area contributed by atoms with Crippen molar-refractivity contribution in [3.05, 3.63) is 47.9 Å². The lowest BCUT2D eigenvalue weighted by atomic mass is 10.2. The SMILES string of the molecule is CN(CCc1ccncc1)c1nccc(C(=O)O)c1N. The minimum absolute atomic E-state index is 0.0748. The maximum Gasteiger partial charge on any atom is 0.337 e. The standard InChI is InChI=1S/C14H16N4O2/c1-18(9-5-10-2-6-16-7-3-10)13-12(15)11(14(19)20)4-8-17-13/h2-4,6-8H,5,9,15H2,1H3,(H,19,20). The van der Waals surface area contributed by atoms with Gasteiger partial charge in [0.25, 0.3) is 0 Å². The number of hydrogen-bond donors (Lipinski definition) is 2. The third kappa shape index (κ3) is 3.03. The molecule has 2 aromatic heterocycles. The van der Waals surface area contributed by atoms with Crippen molar-refractivity contribution in [2.75, 3.05) is 24.2 Å². The Labute approximate surface area is 116 Å². The molecule has 6 nitrogen and oxygen atoms in total. The Morgan fingerprint density at radius 1 is 1.30 bits per heavy atom. The number of aromatic nitrogens is 2. The van der Waals surface area contributed by atoms with Crippen LogP contribution in [0.5, 0.6) is 0 Å². The largest absolute Gasteiger partial charge is 0.478 e. The summed E-state index contributed by atoms with van der Waals surface area (Å²) in [6.45, 7) is 0.685. The van der Waals surface area contributed by atoms with Gasteiger partial charge in [0, 0.05) is 32.2 Å². The molecule has 0 spiro atoms. The highest BCUT2D eigenvalue weighted by atomic mass is 16.4. The summed E-state index contributed by atoms with van der Waals surface area (Å²) in [5, 5.41) is 9.05. The molecule has 0 amide bonds. The van der Waals surface area contributed by atoms with Crippen molar-refractivity contribution >= 4 is 17.5 Å². The molecule has 6 heteroatoms. The summed E-state index contributed by atoms with van der Waals surface area (Å²) < 4.78 is 0. The van der Waals surface area contributed by atoms with Crippen LogP contribution in [-0.4, -0.2) is 34.6 Å². The third-order valence-electron chi connectivity index (χ3n) is 3.05. The van der Waals surface area contributed by atoms with E-state index in [0.29, 0.717) is 12.4 Å². The van der Waals surface area contributed by atoms with Gasteiger partial charge in [0.05, 0.1) is 11.3 Å². The Morgan fingerprint density at radius 3 is 2.65 bits per heavy atom. The van der Waals surface area contributed by atoms with Gasteiger partial charge in [0.15, 0.2) is 5.82 Å². The molecule has 0 radical (unpaired) electrons. The molecule has 20 heavy (non-hydrogen) atoms. The van der Waals surface area contributed by atoms with Crippen LogP contribution in [0.2, 0.25) is 0 Å². The molecular formula is C14H16N4O2. The van der Waals surface area contributed by atoms with Crippen molar-refractivity contribution in [3.63, 3.8) is 0 Å². The predicted molar refractivity (Wildman–Crippen MR) is 76.8 cm³/mol. The fourth-order valence-electron chi connectivity index (χ4n) is 1.91. The lowest BCUT2D eigenvalue weighted by molar-refractivity contribution is 0.0698. The molecular weight excluding hydrogens is 256 g/mol. The molecule has 0 aliphatic carbocycles. The molecule has 0 aliphatic heterocycles. The molecule has 104 valence electrons. The Hall–Kier alpha value is -2.63. The minimum Gasteiger partial charge on any atom is -0.478 e. The summed E-state index contributed by atoms with van der Waals surface area (Å²) in [4.78, 5) is 21.0. The maximum atomic E-state index is 11.0. The average Bonchev–Trinajstić information content (AvgIpc) is 2.46. The van der Waals surface area contributed by atoms with E-state index in [9.17, 15) is 4.79 Å². The monoisotopic (exact) mass is 272 g/mol. The Morgan fingerprint density at radius 2 is 2.00 bits per heavy atom. The van der Waals surface area contributed by atoms with Crippen LogP contribution in [0.3, 0.4) is 0 Å². The molecule has 0 aromatic carbocycles. The zero-order valence-electron chi connectivity index (χ0n) is 11.2. The van der Waals surface area contributed by atoms with E-state index in [4.69, 9.17) is 10.8 Å². The number of nitrogens with two attached hydrogens (primary N) is 1. The molecule has 0 saturated carbocycles. The second-order valence-electron chi connectivity index (χ2n) is 4.43. The highest BCUT2D eigenvalue weighted by molar-refractivity contribution is 5.96. The molecule has 3 N–H and O–H groups in total. The second kappa shape index (κ2) is 6.01. The fraction of sp³-hybridized carbons (Fsp3) is 0.214. The summed E-state index contributed by atoms with van der Waals surface area (Å²) >= 11 is 0. The number of aromatic carboxylic acids is 1. The number of carboxylic acid groups (broad SMARTS) is 1. The van der Waals surface area contributed by atoms with Gasteiger partial charge in [-0.3, -0.25) is 4.98 Å². The van der Waals surface area contributed by atoms with E-state index in [2.05, 4.69) is 9.97 Å². The van der Waals surface area contributed by atoms with Crippen LogP contribution < -0.4 is 10.6 Å². The smallest absolute Gasteiger partial charge is 0.337 e. The lowest BCUT2D eigenvalue weighted by Crippen LogP contribution is -2.23. The Balaban J connectivity index is 2.11. The van der Waals surface area contributed by atoms with Gasteiger partial charge in [-0.1, -0.05) is 0 Å². The van der Waals surface area contributed by atoms with Crippen molar-refractivity contribution in [2.45, 2.75) is 6.42 Å². The van der Waals surface area contributed by atoms with E-state index in [1.807, 2.05) is 24.1 Å². The first-order valence-corrected chi connectivity index (χ1v) is 6.17. The number of likely N-dealkylation sites (N-methyl/N-ethyl adjacent to an activating group) is 1. The van der Waals surface area contributed by atoms with Gasteiger partial charge < -0.3 is 15.7 Å². The predicted octanol–water partition coefficient (Wildman–Crippen LogP) is 1.44. The van der Waals surface area contributed by atoms with E-state index in [1.54, 1.807) is 12.4 Å². The van der Waals surface area contributed by atoms with Gasteiger partial charge in [-0.05, 0) is 30.2 Å². The van der Waals surface area contributed by atoms with Crippen LogP contribution in [0.15, 0.2) is 36.8 Å². The first-order valence-electron chi connectivity index (χ1n) is 6.17. The normalized spacial score (nSPS) is 10.2. The van der Waals surface area contributed by atoms with Crippen LogP contribution in [-0.2, 0) is 6.42 Å². The lowest BCUT2D eigenvalue weighted by Gasteiger charge is -2.20. The number of hydrogen-bond acceptors (Lipinski definition) is 5. The van der Waals surface area contributed by atoms with Crippen LogP contribution >= 0.6 is 0 Å². The van der Waals surface area contributed by atoms with Crippen molar-refractivity contribution in [2.24, 2.45) is 0 Å². The third-order valence-corrected chi connectivity index (χ3v) is 3.05. The second-order valence-corrected chi connectivity index (χ2v) is 4.43. The van der Waals surface area contributed by atoms with Crippen LogP contribution in [0.4, 0.5) is 11.5 Å². The van der Waals surface area contributed by atoms with Crippen molar-refractivity contribution in [1.82, 2.24) is 9.97 Å². The van der Waals surface area contributed by atoms with Gasteiger partial charge in [0.2, 0.25) is 0 Å². The molecule has 0 unspecified atom stereocenters. The van der Waals surface area contributed by atoms with Crippen molar-refractivity contribution in [1.29, 1.82) is 0 Å². The van der Waals surface area contributed by atoms with E-state index < -0.39 is 5.97 Å². The molecule has 0 aliphatic rings. The van der Waals surface area contributed by atoms with Crippen molar-refractivity contribution < 1.29 is 9.90 Å². The first kappa shape index (κ1) is 13.8. The van der Waals surface area contributed by atoms with Gasteiger partial charge in [-0.25, -0.2) is 9.78 Å². The van der Waals surface area contributed by atoms with Gasteiger partial charge in [0.1, 0.15) is 0 Å².